The van der Waals surface area contributed by atoms with Crippen molar-refractivity contribution >= 4 is 40.9 Å². The summed E-state index contributed by atoms with van der Waals surface area (Å²) in [6.07, 6.45) is 5.16. The van der Waals surface area contributed by atoms with Gasteiger partial charge in [-0.15, -0.1) is 0 Å². The molecule has 1 aliphatic carbocycles. The normalized spacial score (nSPS) is 23.1. The number of nitrogens with zero attached hydrogens (tertiary/aromatic N) is 1. The maximum absolute atomic E-state index is 12.4. The lowest BCUT2D eigenvalue weighted by Crippen LogP contribution is -2.36. The summed E-state index contributed by atoms with van der Waals surface area (Å²) in [5.41, 5.74) is 0.759. The number of imide groups is 1. The summed E-state index contributed by atoms with van der Waals surface area (Å²) in [6.45, 7) is 1.93. The van der Waals surface area contributed by atoms with Gasteiger partial charge in [0.05, 0.1) is 17.9 Å². The zero-order valence-electron chi connectivity index (χ0n) is 14.4. The number of rotatable bonds is 5. The average Bonchev–Trinajstić information content (AvgIpc) is 2.84. The van der Waals surface area contributed by atoms with Crippen LogP contribution in [0.1, 0.15) is 37.8 Å². The Morgan fingerprint density at radius 1 is 1.19 bits per heavy atom. The van der Waals surface area contributed by atoms with Gasteiger partial charge < -0.3 is 5.32 Å². The minimum atomic E-state index is -0.302. The second-order valence-corrected chi connectivity index (χ2v) is 7.53. The number of hydrogen-bond acceptors (Lipinski definition) is 3. The van der Waals surface area contributed by atoms with E-state index in [0.717, 1.165) is 5.56 Å². The Bertz CT molecular complexity index is 752. The molecule has 3 atom stereocenters. The van der Waals surface area contributed by atoms with Crippen LogP contribution in [-0.2, 0) is 14.4 Å². The average molecular weight is 395 g/mol. The number of benzene rings is 1. The fraction of sp³-hybridized carbons (Fsp3) is 0.421. The fourth-order valence-corrected chi connectivity index (χ4v) is 4.12. The van der Waals surface area contributed by atoms with Crippen LogP contribution in [0.2, 0.25) is 10.0 Å². The SMILES string of the molecule is C[C@@H](NC(=O)CCN1C(=O)[C@H]2CC=CC[C@H]2C1=O)c1ccc(Cl)cc1Cl. The van der Waals surface area contributed by atoms with Crippen LogP contribution in [0.4, 0.5) is 0 Å². The summed E-state index contributed by atoms with van der Waals surface area (Å²) < 4.78 is 0. The molecule has 3 rings (SSSR count). The molecule has 0 spiro atoms. The monoisotopic (exact) mass is 394 g/mol. The molecule has 0 aromatic heterocycles. The molecule has 1 aromatic rings. The summed E-state index contributed by atoms with van der Waals surface area (Å²) in [5.74, 6) is -1.08. The molecule has 5 nitrogen and oxygen atoms in total. The van der Waals surface area contributed by atoms with Crippen molar-refractivity contribution in [1.82, 2.24) is 10.2 Å². The van der Waals surface area contributed by atoms with Crippen molar-refractivity contribution in [3.05, 3.63) is 46.0 Å². The molecule has 1 aliphatic heterocycles. The molecule has 1 fully saturated rings. The van der Waals surface area contributed by atoms with Crippen molar-refractivity contribution in [2.45, 2.75) is 32.2 Å². The van der Waals surface area contributed by atoms with Gasteiger partial charge in [-0.1, -0.05) is 41.4 Å². The molecule has 1 N–H and O–H groups in total. The molecular weight excluding hydrogens is 375 g/mol. The first-order valence-corrected chi connectivity index (χ1v) is 9.38. The van der Waals surface area contributed by atoms with Crippen molar-refractivity contribution < 1.29 is 14.4 Å². The van der Waals surface area contributed by atoms with Gasteiger partial charge in [0.1, 0.15) is 0 Å². The standard InChI is InChI=1S/C19H20Cl2N2O3/c1-11(13-7-6-12(20)10-16(13)21)22-17(24)8-9-23-18(25)14-4-2-3-5-15(14)19(23)26/h2-3,6-7,10-11,14-15H,4-5,8-9H2,1H3,(H,22,24)/t11-,14-,15+/m1/s1. The second kappa shape index (κ2) is 7.80. The van der Waals surface area contributed by atoms with E-state index in [1.165, 1.54) is 4.90 Å². The number of fused-ring (bicyclic) bond motifs is 1. The minimum Gasteiger partial charge on any atom is -0.349 e. The molecule has 3 amide bonds. The van der Waals surface area contributed by atoms with Gasteiger partial charge in [0, 0.05) is 23.0 Å². The molecule has 0 saturated carbocycles. The van der Waals surface area contributed by atoms with Gasteiger partial charge in [-0.05, 0) is 37.5 Å². The van der Waals surface area contributed by atoms with Crippen molar-refractivity contribution in [3.63, 3.8) is 0 Å². The third kappa shape index (κ3) is 3.79. The van der Waals surface area contributed by atoms with Crippen LogP contribution in [0, 0.1) is 11.8 Å². The molecule has 138 valence electrons. The molecule has 1 heterocycles. The van der Waals surface area contributed by atoms with E-state index < -0.39 is 0 Å². The quantitative estimate of drug-likeness (QED) is 0.613. The lowest BCUT2D eigenvalue weighted by Gasteiger charge is -2.18. The Morgan fingerprint density at radius 3 is 2.38 bits per heavy atom. The Hall–Kier alpha value is -1.85. The largest absolute Gasteiger partial charge is 0.349 e. The van der Waals surface area contributed by atoms with Crippen LogP contribution in [-0.4, -0.2) is 29.2 Å². The first-order valence-electron chi connectivity index (χ1n) is 8.63. The van der Waals surface area contributed by atoms with Gasteiger partial charge in [-0.3, -0.25) is 19.3 Å². The molecule has 7 heteroatoms. The lowest BCUT2D eigenvalue weighted by atomic mass is 9.85. The Kier molecular flexibility index (Phi) is 5.68. The molecule has 26 heavy (non-hydrogen) atoms. The van der Waals surface area contributed by atoms with Crippen LogP contribution in [0.3, 0.4) is 0 Å². The van der Waals surface area contributed by atoms with E-state index in [1.54, 1.807) is 18.2 Å². The van der Waals surface area contributed by atoms with Crippen molar-refractivity contribution in [2.24, 2.45) is 11.8 Å². The van der Waals surface area contributed by atoms with E-state index in [-0.39, 0.29) is 48.6 Å². The summed E-state index contributed by atoms with van der Waals surface area (Å²) in [7, 11) is 0. The van der Waals surface area contributed by atoms with Crippen LogP contribution < -0.4 is 5.32 Å². The Labute approximate surface area is 162 Å². The number of halogens is 2. The third-order valence-electron chi connectivity index (χ3n) is 4.97. The minimum absolute atomic E-state index is 0.0693. The number of amides is 3. The van der Waals surface area contributed by atoms with Crippen molar-refractivity contribution in [2.75, 3.05) is 6.54 Å². The molecule has 0 bridgehead atoms. The number of carbonyl (C=O) groups excluding carboxylic acids is 3. The number of carbonyl (C=O) groups is 3. The second-order valence-electron chi connectivity index (χ2n) is 6.69. The van der Waals surface area contributed by atoms with E-state index in [0.29, 0.717) is 22.9 Å². The molecule has 2 aliphatic rings. The maximum Gasteiger partial charge on any atom is 0.233 e. The fourth-order valence-electron chi connectivity index (χ4n) is 3.55. The zero-order chi connectivity index (χ0) is 18.8. The smallest absolute Gasteiger partial charge is 0.233 e. The number of likely N-dealkylation sites (tertiary alicyclic amines) is 1. The number of hydrogen-bond donors (Lipinski definition) is 1. The van der Waals surface area contributed by atoms with Crippen molar-refractivity contribution in [1.29, 1.82) is 0 Å². The van der Waals surface area contributed by atoms with Gasteiger partial charge >= 0.3 is 0 Å². The first kappa shape index (κ1) is 18.9. The van der Waals surface area contributed by atoms with E-state index in [4.69, 9.17) is 23.2 Å². The summed E-state index contributed by atoms with van der Waals surface area (Å²) in [6, 6.07) is 4.80. The highest BCUT2D eigenvalue weighted by atomic mass is 35.5. The Morgan fingerprint density at radius 2 is 1.81 bits per heavy atom. The Balaban J connectivity index is 1.56. The summed E-state index contributed by atoms with van der Waals surface area (Å²) in [4.78, 5) is 38.3. The molecule has 0 radical (unpaired) electrons. The van der Waals surface area contributed by atoms with Crippen molar-refractivity contribution in [3.8, 4) is 0 Å². The predicted molar refractivity (Wildman–Crippen MR) is 99.7 cm³/mol. The topological polar surface area (TPSA) is 66.5 Å². The van der Waals surface area contributed by atoms with Gasteiger partial charge in [0.15, 0.2) is 0 Å². The van der Waals surface area contributed by atoms with Crippen LogP contribution >= 0.6 is 23.2 Å². The van der Waals surface area contributed by atoms with E-state index in [2.05, 4.69) is 5.32 Å². The van der Waals surface area contributed by atoms with Gasteiger partial charge in [0.25, 0.3) is 0 Å². The van der Waals surface area contributed by atoms with Gasteiger partial charge in [-0.25, -0.2) is 0 Å². The first-order chi connectivity index (χ1) is 12.4. The number of nitrogens with one attached hydrogen (secondary N) is 1. The highest BCUT2D eigenvalue weighted by molar-refractivity contribution is 6.35. The van der Waals surface area contributed by atoms with Gasteiger partial charge in [-0.2, -0.15) is 0 Å². The maximum atomic E-state index is 12.4. The summed E-state index contributed by atoms with van der Waals surface area (Å²) in [5, 5.41) is 3.85. The summed E-state index contributed by atoms with van der Waals surface area (Å²) >= 11 is 12.0. The van der Waals surface area contributed by atoms with E-state index in [9.17, 15) is 14.4 Å². The number of allylic oxidation sites excluding steroid dienone is 2. The van der Waals surface area contributed by atoms with Gasteiger partial charge in [0.2, 0.25) is 17.7 Å². The molecule has 1 saturated heterocycles. The van der Waals surface area contributed by atoms with E-state index >= 15 is 0 Å². The molecule has 0 unspecified atom stereocenters. The van der Waals surface area contributed by atoms with E-state index in [1.807, 2.05) is 19.1 Å². The highest BCUT2D eigenvalue weighted by Crippen LogP contribution is 2.35. The zero-order valence-corrected chi connectivity index (χ0v) is 15.9. The molecular formula is C19H20Cl2N2O3. The third-order valence-corrected chi connectivity index (χ3v) is 5.53. The van der Waals surface area contributed by atoms with Crippen LogP contribution in [0.15, 0.2) is 30.4 Å². The van der Waals surface area contributed by atoms with Crippen LogP contribution in [0.5, 0.6) is 0 Å². The highest BCUT2D eigenvalue weighted by Gasteiger charge is 2.46. The predicted octanol–water partition coefficient (Wildman–Crippen LogP) is 3.51. The lowest BCUT2D eigenvalue weighted by molar-refractivity contribution is -0.140. The molecule has 1 aromatic carbocycles. The van der Waals surface area contributed by atoms with Crippen LogP contribution in [0.25, 0.3) is 0 Å².